The molecule has 150 valence electrons. The van der Waals surface area contributed by atoms with Gasteiger partial charge in [0.2, 0.25) is 0 Å². The Balaban J connectivity index is 1.63. The lowest BCUT2D eigenvalue weighted by Crippen LogP contribution is -2.21. The summed E-state index contributed by atoms with van der Waals surface area (Å²) in [5, 5.41) is 3.50. The van der Waals surface area contributed by atoms with E-state index in [1.54, 1.807) is 0 Å². The summed E-state index contributed by atoms with van der Waals surface area (Å²) in [5.74, 6) is 0.836. The topological polar surface area (TPSA) is 55.1 Å². The van der Waals surface area contributed by atoms with Gasteiger partial charge in [0.25, 0.3) is 0 Å². The molecule has 0 aliphatic carbocycles. The molecule has 1 aromatic carbocycles. The van der Waals surface area contributed by atoms with Crippen molar-refractivity contribution in [1.82, 2.24) is 14.5 Å². The Kier molecular flexibility index (Phi) is 4.99. The molecule has 0 amide bonds. The fraction of sp³-hybridized carbons (Fsp3) is 0.375. The molecule has 1 aliphatic heterocycles. The Morgan fingerprint density at radius 3 is 2.72 bits per heavy atom. The van der Waals surface area contributed by atoms with E-state index >= 15 is 0 Å². The molecule has 0 bridgehead atoms. The van der Waals surface area contributed by atoms with E-state index in [9.17, 15) is 0 Å². The zero-order chi connectivity index (χ0) is 20.6. The molecule has 4 rings (SSSR count). The Bertz CT molecular complexity index is 1110. The van der Waals surface area contributed by atoms with E-state index < -0.39 is 0 Å². The van der Waals surface area contributed by atoms with Gasteiger partial charge in [-0.2, -0.15) is 0 Å². The van der Waals surface area contributed by atoms with Gasteiger partial charge in [-0.25, -0.2) is 9.97 Å². The smallest absolute Gasteiger partial charge is 0.132 e. The minimum atomic E-state index is 0.0802. The standard InChI is InChI=1S/C24H29N5/c1-6-16-11-17(18-9-10-25-22(12-18)24(2,3)4)7-8-19(16)28-23-13-21-20(14-26-23)27-15-29(21)5/h7-8,11-15H,6,9-10H2,1-5H3,(H,26,28). The summed E-state index contributed by atoms with van der Waals surface area (Å²) in [7, 11) is 2.00. The molecule has 3 aromatic rings. The third kappa shape index (κ3) is 3.95. The van der Waals surface area contributed by atoms with E-state index in [2.05, 4.69) is 67.3 Å². The van der Waals surface area contributed by atoms with Crippen LogP contribution in [0.4, 0.5) is 11.5 Å². The SMILES string of the molecule is CCc1cc(C2=CC(C(C)(C)C)=NCC2)ccc1Nc1cc2c(cn1)ncn2C. The number of anilines is 2. The molecule has 1 aliphatic rings. The van der Waals surface area contributed by atoms with Crippen LogP contribution >= 0.6 is 0 Å². The number of nitrogens with one attached hydrogen (secondary N) is 1. The summed E-state index contributed by atoms with van der Waals surface area (Å²) in [5.41, 5.74) is 8.30. The molecule has 0 atom stereocenters. The maximum atomic E-state index is 4.73. The Morgan fingerprint density at radius 2 is 1.97 bits per heavy atom. The monoisotopic (exact) mass is 387 g/mol. The van der Waals surface area contributed by atoms with Crippen molar-refractivity contribution in [2.75, 3.05) is 11.9 Å². The summed E-state index contributed by atoms with van der Waals surface area (Å²) in [6, 6.07) is 8.74. The number of rotatable bonds is 4. The molecule has 0 fully saturated rings. The summed E-state index contributed by atoms with van der Waals surface area (Å²) >= 11 is 0. The highest BCUT2D eigenvalue weighted by atomic mass is 15.0. The van der Waals surface area contributed by atoms with Crippen LogP contribution in [0, 0.1) is 5.41 Å². The minimum Gasteiger partial charge on any atom is -0.340 e. The van der Waals surface area contributed by atoms with Crippen molar-refractivity contribution >= 4 is 33.8 Å². The number of fused-ring (bicyclic) bond motifs is 1. The molecule has 0 unspecified atom stereocenters. The molecule has 0 saturated carbocycles. The molecular formula is C24H29N5. The first-order valence-corrected chi connectivity index (χ1v) is 10.3. The van der Waals surface area contributed by atoms with Gasteiger partial charge >= 0.3 is 0 Å². The van der Waals surface area contributed by atoms with Gasteiger partial charge in [0.05, 0.1) is 18.0 Å². The highest BCUT2D eigenvalue weighted by Gasteiger charge is 2.20. The molecule has 5 nitrogen and oxygen atoms in total. The van der Waals surface area contributed by atoms with Crippen LogP contribution in [0.3, 0.4) is 0 Å². The fourth-order valence-electron chi connectivity index (χ4n) is 3.71. The minimum absolute atomic E-state index is 0.0802. The molecule has 0 saturated heterocycles. The molecular weight excluding hydrogens is 358 g/mol. The van der Waals surface area contributed by atoms with E-state index in [4.69, 9.17) is 4.99 Å². The summed E-state index contributed by atoms with van der Waals surface area (Å²) in [4.78, 5) is 13.6. The van der Waals surface area contributed by atoms with E-state index in [-0.39, 0.29) is 5.41 Å². The number of pyridine rings is 1. The molecule has 29 heavy (non-hydrogen) atoms. The zero-order valence-corrected chi connectivity index (χ0v) is 18.0. The van der Waals surface area contributed by atoms with Gasteiger partial charge in [0, 0.05) is 36.5 Å². The van der Waals surface area contributed by atoms with Gasteiger partial charge in [0.1, 0.15) is 11.3 Å². The van der Waals surface area contributed by atoms with Gasteiger partial charge in [-0.05, 0) is 47.8 Å². The van der Waals surface area contributed by atoms with Crippen LogP contribution in [0.2, 0.25) is 0 Å². The van der Waals surface area contributed by atoms with Gasteiger partial charge in [-0.15, -0.1) is 0 Å². The lowest BCUT2D eigenvalue weighted by Gasteiger charge is -2.24. The molecule has 2 aromatic heterocycles. The zero-order valence-electron chi connectivity index (χ0n) is 18.0. The molecule has 5 heteroatoms. The van der Waals surface area contributed by atoms with Crippen molar-refractivity contribution in [3.8, 4) is 0 Å². The second-order valence-corrected chi connectivity index (χ2v) is 8.70. The maximum absolute atomic E-state index is 4.73. The van der Waals surface area contributed by atoms with Gasteiger partial charge in [-0.3, -0.25) is 4.99 Å². The average Bonchev–Trinajstić information content (AvgIpc) is 3.08. The highest BCUT2D eigenvalue weighted by molar-refractivity contribution is 6.05. The predicted octanol–water partition coefficient (Wildman–Crippen LogP) is 5.55. The van der Waals surface area contributed by atoms with Crippen LogP contribution in [0.25, 0.3) is 16.6 Å². The molecule has 0 radical (unpaired) electrons. The first-order chi connectivity index (χ1) is 13.8. The fourth-order valence-corrected chi connectivity index (χ4v) is 3.71. The van der Waals surface area contributed by atoms with E-state index in [0.29, 0.717) is 0 Å². The third-order valence-electron chi connectivity index (χ3n) is 5.47. The van der Waals surface area contributed by atoms with Crippen LogP contribution in [0.5, 0.6) is 0 Å². The first kappa shape index (κ1) is 19.4. The van der Waals surface area contributed by atoms with Crippen molar-refractivity contribution in [3.63, 3.8) is 0 Å². The third-order valence-corrected chi connectivity index (χ3v) is 5.47. The Morgan fingerprint density at radius 1 is 1.14 bits per heavy atom. The number of aliphatic imine (C=N–C) groups is 1. The number of hydrogen-bond acceptors (Lipinski definition) is 4. The lowest BCUT2D eigenvalue weighted by atomic mass is 9.85. The first-order valence-electron chi connectivity index (χ1n) is 10.3. The van der Waals surface area contributed by atoms with Crippen LogP contribution < -0.4 is 5.32 Å². The van der Waals surface area contributed by atoms with Gasteiger partial charge < -0.3 is 9.88 Å². The summed E-state index contributed by atoms with van der Waals surface area (Å²) in [6.07, 6.45) is 7.86. The molecule has 3 heterocycles. The van der Waals surface area contributed by atoms with E-state index in [1.807, 2.05) is 30.2 Å². The quantitative estimate of drug-likeness (QED) is 0.639. The highest BCUT2D eigenvalue weighted by Crippen LogP contribution is 2.31. The van der Waals surface area contributed by atoms with Crippen LogP contribution in [0.15, 0.2) is 47.9 Å². The van der Waals surface area contributed by atoms with E-state index in [1.165, 1.54) is 22.4 Å². The number of dihydropyridines is 1. The number of imidazole rings is 1. The van der Waals surface area contributed by atoms with Crippen molar-refractivity contribution in [2.24, 2.45) is 17.5 Å². The average molecular weight is 388 g/mol. The van der Waals surface area contributed by atoms with Gasteiger partial charge in [0.15, 0.2) is 0 Å². The largest absolute Gasteiger partial charge is 0.340 e. The second-order valence-electron chi connectivity index (χ2n) is 8.70. The predicted molar refractivity (Wildman–Crippen MR) is 122 cm³/mol. The Hall–Kier alpha value is -2.95. The van der Waals surface area contributed by atoms with Crippen LogP contribution in [-0.2, 0) is 13.5 Å². The van der Waals surface area contributed by atoms with Crippen molar-refractivity contribution < 1.29 is 0 Å². The number of nitrogens with zero attached hydrogens (tertiary/aromatic N) is 4. The van der Waals surface area contributed by atoms with Crippen molar-refractivity contribution in [2.45, 2.75) is 40.5 Å². The van der Waals surface area contributed by atoms with Crippen LogP contribution in [-0.4, -0.2) is 26.8 Å². The number of allylic oxidation sites excluding steroid dienone is 1. The Labute approximate surface area is 172 Å². The molecule has 1 N–H and O–H groups in total. The number of aromatic nitrogens is 3. The number of hydrogen-bond donors (Lipinski definition) is 1. The number of benzene rings is 1. The second kappa shape index (κ2) is 7.47. The van der Waals surface area contributed by atoms with Crippen LogP contribution in [0.1, 0.15) is 45.2 Å². The van der Waals surface area contributed by atoms with Crippen molar-refractivity contribution in [3.05, 3.63) is 54.0 Å². The lowest BCUT2D eigenvalue weighted by molar-refractivity contribution is 0.589. The van der Waals surface area contributed by atoms with Crippen molar-refractivity contribution in [1.29, 1.82) is 0 Å². The summed E-state index contributed by atoms with van der Waals surface area (Å²) in [6.45, 7) is 9.74. The normalized spacial score (nSPS) is 14.7. The van der Waals surface area contributed by atoms with E-state index in [0.717, 1.165) is 41.9 Å². The molecule has 0 spiro atoms. The van der Waals surface area contributed by atoms with Gasteiger partial charge in [-0.1, -0.05) is 33.8 Å². The maximum Gasteiger partial charge on any atom is 0.132 e. The summed E-state index contributed by atoms with van der Waals surface area (Å²) < 4.78 is 2.01. The number of aryl methyl sites for hydroxylation is 2.